The molecule has 2 aliphatic rings. The molecule has 170 valence electrons. The third-order valence-corrected chi connectivity index (χ3v) is 6.80. The Balaban J connectivity index is 1.53. The van der Waals surface area contributed by atoms with Gasteiger partial charge in [-0.05, 0) is 66.9 Å². The topological polar surface area (TPSA) is 73.8 Å². The van der Waals surface area contributed by atoms with Crippen molar-refractivity contribution in [1.29, 1.82) is 0 Å². The van der Waals surface area contributed by atoms with Crippen molar-refractivity contribution >= 4 is 11.6 Å². The fourth-order valence-electron chi connectivity index (χ4n) is 4.94. The first-order valence-corrected chi connectivity index (χ1v) is 11.5. The Morgan fingerprint density at radius 3 is 2.75 bits per heavy atom. The maximum Gasteiger partial charge on any atom is 0.251 e. The summed E-state index contributed by atoms with van der Waals surface area (Å²) >= 11 is 0. The molecule has 3 unspecified atom stereocenters. The van der Waals surface area contributed by atoms with Crippen LogP contribution in [0.2, 0.25) is 0 Å². The Kier molecular flexibility index (Phi) is 6.70. The number of hydrogen-bond acceptors (Lipinski definition) is 5. The van der Waals surface area contributed by atoms with Gasteiger partial charge in [0.15, 0.2) is 11.5 Å². The van der Waals surface area contributed by atoms with Gasteiger partial charge in [-0.3, -0.25) is 4.79 Å². The number of hydrogen-bond donors (Lipinski definition) is 3. The van der Waals surface area contributed by atoms with E-state index >= 15 is 0 Å². The molecule has 1 amide bonds. The highest BCUT2D eigenvalue weighted by molar-refractivity contribution is 5.95. The van der Waals surface area contributed by atoms with E-state index in [1.807, 2.05) is 30.3 Å². The van der Waals surface area contributed by atoms with E-state index in [-0.39, 0.29) is 23.6 Å². The number of benzene rings is 2. The minimum atomic E-state index is -0.0271. The molecule has 6 heteroatoms. The Morgan fingerprint density at radius 2 is 2.03 bits per heavy atom. The number of aromatic hydroxyl groups is 1. The zero-order valence-corrected chi connectivity index (χ0v) is 19.1. The second kappa shape index (κ2) is 9.65. The number of phenolic OH excluding ortho intramolecular Hbond substituents is 1. The molecule has 1 aliphatic carbocycles. The van der Waals surface area contributed by atoms with Crippen LogP contribution in [0, 0.1) is 5.92 Å². The fraction of sp³-hybridized carbons (Fsp3) is 0.423. The molecule has 0 saturated carbocycles. The zero-order valence-electron chi connectivity index (χ0n) is 19.1. The average molecular weight is 436 g/mol. The summed E-state index contributed by atoms with van der Waals surface area (Å²) < 4.78 is 5.20. The van der Waals surface area contributed by atoms with Crippen molar-refractivity contribution in [1.82, 2.24) is 10.2 Å². The van der Waals surface area contributed by atoms with E-state index in [0.717, 1.165) is 42.9 Å². The van der Waals surface area contributed by atoms with Crippen LogP contribution in [0.25, 0.3) is 0 Å². The summed E-state index contributed by atoms with van der Waals surface area (Å²) in [5.74, 6) is 1.17. The number of methoxy groups -OCH3 is 1. The van der Waals surface area contributed by atoms with Crippen molar-refractivity contribution in [2.75, 3.05) is 38.6 Å². The Hall–Kier alpha value is -2.99. The lowest BCUT2D eigenvalue weighted by molar-refractivity contribution is 0.0948. The van der Waals surface area contributed by atoms with Crippen LogP contribution in [0.1, 0.15) is 53.7 Å². The number of likely N-dealkylation sites (N-methyl/N-ethyl adjacent to an activating group) is 1. The van der Waals surface area contributed by atoms with Crippen LogP contribution in [-0.2, 0) is 0 Å². The van der Waals surface area contributed by atoms with E-state index in [9.17, 15) is 9.90 Å². The van der Waals surface area contributed by atoms with Crippen LogP contribution in [-0.4, -0.2) is 49.2 Å². The summed E-state index contributed by atoms with van der Waals surface area (Å²) in [6.45, 7) is 7.74. The molecule has 3 N–H and O–H groups in total. The number of nitrogens with one attached hydrogen (secondary N) is 2. The first kappa shape index (κ1) is 22.2. The Bertz CT molecular complexity index is 1000. The highest BCUT2D eigenvalue weighted by Gasteiger charge is 2.38. The molecule has 3 atom stereocenters. The molecule has 2 aromatic rings. The molecule has 6 nitrogen and oxygen atoms in total. The monoisotopic (exact) mass is 435 g/mol. The number of anilines is 1. The van der Waals surface area contributed by atoms with E-state index in [4.69, 9.17) is 4.74 Å². The van der Waals surface area contributed by atoms with Gasteiger partial charge in [-0.15, -0.1) is 0 Å². The zero-order chi connectivity index (χ0) is 22.7. The Morgan fingerprint density at radius 1 is 1.22 bits per heavy atom. The van der Waals surface area contributed by atoms with Gasteiger partial charge < -0.3 is 25.4 Å². The molecule has 0 saturated heterocycles. The molecule has 0 aromatic heterocycles. The van der Waals surface area contributed by atoms with Crippen LogP contribution in [0.4, 0.5) is 5.69 Å². The molecule has 0 radical (unpaired) electrons. The number of carbonyl (C=O) groups excluding carboxylic acids is 1. The maximum atomic E-state index is 12.8. The third kappa shape index (κ3) is 4.32. The first-order chi connectivity index (χ1) is 15.5. The van der Waals surface area contributed by atoms with Gasteiger partial charge in [-0.2, -0.15) is 0 Å². The molecule has 0 spiro atoms. The van der Waals surface area contributed by atoms with E-state index in [1.54, 1.807) is 13.2 Å². The van der Waals surface area contributed by atoms with Crippen molar-refractivity contribution in [3.8, 4) is 11.5 Å². The lowest BCUT2D eigenvalue weighted by Crippen LogP contribution is -2.35. The number of phenols is 1. The molecular formula is C26H33N3O3. The van der Waals surface area contributed by atoms with Gasteiger partial charge >= 0.3 is 0 Å². The van der Waals surface area contributed by atoms with Crippen molar-refractivity contribution in [2.24, 2.45) is 5.92 Å². The number of fused-ring (bicyclic) bond motifs is 3. The predicted molar refractivity (Wildman–Crippen MR) is 128 cm³/mol. The van der Waals surface area contributed by atoms with Crippen molar-refractivity contribution in [3.63, 3.8) is 0 Å². The molecule has 0 bridgehead atoms. The van der Waals surface area contributed by atoms with Crippen LogP contribution >= 0.6 is 0 Å². The first-order valence-electron chi connectivity index (χ1n) is 11.5. The van der Waals surface area contributed by atoms with E-state index in [0.29, 0.717) is 23.8 Å². The van der Waals surface area contributed by atoms with Crippen LogP contribution in [0.5, 0.6) is 11.5 Å². The smallest absolute Gasteiger partial charge is 0.251 e. The van der Waals surface area contributed by atoms with E-state index in [2.05, 4.69) is 41.5 Å². The summed E-state index contributed by atoms with van der Waals surface area (Å²) in [6, 6.07) is 11.6. The number of nitrogens with zero attached hydrogens (tertiary/aromatic N) is 1. The number of ether oxygens (including phenoxy) is 1. The summed E-state index contributed by atoms with van der Waals surface area (Å²) in [5, 5.41) is 17.0. The third-order valence-electron chi connectivity index (χ3n) is 6.80. The minimum absolute atomic E-state index is 0.0271. The highest BCUT2D eigenvalue weighted by Crippen LogP contribution is 2.50. The van der Waals surface area contributed by atoms with Gasteiger partial charge in [-0.1, -0.05) is 32.1 Å². The lowest BCUT2D eigenvalue weighted by atomic mass is 9.76. The van der Waals surface area contributed by atoms with Gasteiger partial charge in [0.05, 0.1) is 13.2 Å². The van der Waals surface area contributed by atoms with E-state index < -0.39 is 0 Å². The summed E-state index contributed by atoms with van der Waals surface area (Å²) in [4.78, 5) is 15.1. The largest absolute Gasteiger partial charge is 0.504 e. The van der Waals surface area contributed by atoms with E-state index in [1.165, 1.54) is 0 Å². The number of amides is 1. The predicted octanol–water partition coefficient (Wildman–Crippen LogP) is 4.30. The maximum absolute atomic E-state index is 12.8. The lowest BCUT2D eigenvalue weighted by Gasteiger charge is -2.37. The number of rotatable bonds is 8. The molecule has 2 aromatic carbocycles. The molecule has 32 heavy (non-hydrogen) atoms. The van der Waals surface area contributed by atoms with Crippen LogP contribution in [0.3, 0.4) is 0 Å². The highest BCUT2D eigenvalue weighted by atomic mass is 16.5. The van der Waals surface area contributed by atoms with Crippen molar-refractivity contribution < 1.29 is 14.6 Å². The summed E-state index contributed by atoms with van der Waals surface area (Å²) in [5.41, 5.74) is 3.93. The fourth-order valence-corrected chi connectivity index (χ4v) is 4.94. The number of carbonyl (C=O) groups is 1. The standard InChI is InChI=1S/C26H33N3O3/c1-4-29(5-2)14-13-27-26(31)18-9-11-22-21(15-18)19-7-6-8-20(19)25(28-22)17-10-12-24(32-3)23(30)16-17/h6-7,9-12,15-16,19-20,25,28,30H,4-5,8,13-14H2,1-3H3,(H,27,31). The van der Waals surface area contributed by atoms with Gasteiger partial charge in [-0.25, -0.2) is 0 Å². The van der Waals surface area contributed by atoms with Gasteiger partial charge in [0.25, 0.3) is 5.91 Å². The van der Waals surface area contributed by atoms with Crippen molar-refractivity contribution in [3.05, 3.63) is 65.2 Å². The molecule has 1 heterocycles. The Labute approximate surface area is 190 Å². The van der Waals surface area contributed by atoms with Gasteiger partial charge in [0.1, 0.15) is 0 Å². The van der Waals surface area contributed by atoms with Crippen LogP contribution < -0.4 is 15.4 Å². The second-order valence-corrected chi connectivity index (χ2v) is 8.49. The van der Waals surface area contributed by atoms with Crippen LogP contribution in [0.15, 0.2) is 48.6 Å². The van der Waals surface area contributed by atoms with Crippen molar-refractivity contribution in [2.45, 2.75) is 32.2 Å². The SMILES string of the molecule is CCN(CC)CCNC(=O)c1ccc2c(c1)C1C=CCC1C(c1ccc(OC)c(O)c1)N2. The molecule has 0 fully saturated rings. The number of allylic oxidation sites excluding steroid dienone is 2. The molecule has 4 rings (SSSR count). The minimum Gasteiger partial charge on any atom is -0.504 e. The summed E-state index contributed by atoms with van der Waals surface area (Å²) in [7, 11) is 1.55. The second-order valence-electron chi connectivity index (χ2n) is 8.49. The normalized spacial score (nSPS) is 21.1. The van der Waals surface area contributed by atoms with Gasteiger partial charge in [0.2, 0.25) is 0 Å². The van der Waals surface area contributed by atoms with Gasteiger partial charge in [0, 0.05) is 30.3 Å². The molecule has 1 aliphatic heterocycles. The average Bonchev–Trinajstić information content (AvgIpc) is 3.31. The quantitative estimate of drug-likeness (QED) is 0.539. The summed E-state index contributed by atoms with van der Waals surface area (Å²) in [6.07, 6.45) is 5.43. The molecular weight excluding hydrogens is 402 g/mol.